The lowest BCUT2D eigenvalue weighted by Crippen LogP contribution is -2.29. The molecule has 0 spiro atoms. The fourth-order valence-electron chi connectivity index (χ4n) is 3.91. The van der Waals surface area contributed by atoms with Gasteiger partial charge in [0.15, 0.2) is 11.6 Å². The standard InChI is InChI=1S/C19H13F5N4O.C7H12ClNO/c1-8-14(19(25)28-7-27-8)17(26-2)10-4-3-9(5-11(10)20)29-18-15(23)12(21)6-13(22)16(18)24;1-6-2-3-9(5-6)7(10)4-8/h3-7H,1-2H3,(H2,25,27,28);6H,2-5H2,1H3. The Morgan fingerprint density at radius 2 is 1.79 bits per heavy atom. The zero-order chi connectivity index (χ0) is 28.9. The van der Waals surface area contributed by atoms with Gasteiger partial charge in [0.1, 0.15) is 29.6 Å². The topological polar surface area (TPSA) is 93.7 Å². The minimum absolute atomic E-state index is 0.0178. The number of benzene rings is 2. The van der Waals surface area contributed by atoms with Gasteiger partial charge < -0.3 is 15.4 Å². The highest BCUT2D eigenvalue weighted by Gasteiger charge is 2.23. The Morgan fingerprint density at radius 1 is 1.13 bits per heavy atom. The van der Waals surface area contributed by atoms with E-state index in [0.717, 1.165) is 31.6 Å². The van der Waals surface area contributed by atoms with E-state index >= 15 is 0 Å². The van der Waals surface area contributed by atoms with Crippen molar-refractivity contribution >= 4 is 29.0 Å². The summed E-state index contributed by atoms with van der Waals surface area (Å²) in [6.45, 7) is 5.58. The van der Waals surface area contributed by atoms with Crippen LogP contribution in [0.3, 0.4) is 0 Å². The van der Waals surface area contributed by atoms with E-state index in [9.17, 15) is 26.7 Å². The molecule has 1 unspecified atom stereocenters. The number of carbonyl (C=O) groups excluding carboxylic acids is 1. The molecule has 2 heterocycles. The Bertz CT molecular complexity index is 1360. The predicted octanol–water partition coefficient (Wildman–Crippen LogP) is 5.42. The van der Waals surface area contributed by atoms with Crippen molar-refractivity contribution in [1.29, 1.82) is 0 Å². The molecule has 39 heavy (non-hydrogen) atoms. The van der Waals surface area contributed by atoms with Crippen molar-refractivity contribution < 1.29 is 31.5 Å². The fraction of sp³-hybridized carbons (Fsp3) is 0.308. The second-order valence-corrected chi connectivity index (χ2v) is 8.97. The first-order valence-electron chi connectivity index (χ1n) is 11.7. The molecule has 1 fully saturated rings. The molecule has 1 saturated heterocycles. The largest absolute Gasteiger partial charge is 0.451 e. The summed E-state index contributed by atoms with van der Waals surface area (Å²) in [5, 5.41) is 0. The van der Waals surface area contributed by atoms with Gasteiger partial charge in [-0.2, -0.15) is 8.78 Å². The number of hydrogen-bond acceptors (Lipinski definition) is 6. The van der Waals surface area contributed by atoms with Crippen LogP contribution in [0, 0.1) is 41.9 Å². The molecule has 0 aliphatic carbocycles. The lowest BCUT2D eigenvalue weighted by molar-refractivity contribution is -0.127. The highest BCUT2D eigenvalue weighted by molar-refractivity contribution is 6.27. The smallest absolute Gasteiger partial charge is 0.237 e. The summed E-state index contributed by atoms with van der Waals surface area (Å²) >= 11 is 5.39. The Balaban J connectivity index is 0.000000353. The molecule has 2 aromatic carbocycles. The zero-order valence-corrected chi connectivity index (χ0v) is 22.0. The number of nitrogens with zero attached hydrogens (tertiary/aromatic N) is 4. The van der Waals surface area contributed by atoms with Crippen molar-refractivity contribution in [2.75, 3.05) is 31.8 Å². The summed E-state index contributed by atoms with van der Waals surface area (Å²) < 4.78 is 73.7. The van der Waals surface area contributed by atoms with E-state index in [0.29, 0.717) is 17.2 Å². The molecule has 7 nitrogen and oxygen atoms in total. The molecular formula is C26H25ClF5N5O2. The van der Waals surface area contributed by atoms with Crippen molar-refractivity contribution in [3.05, 3.63) is 76.5 Å². The summed E-state index contributed by atoms with van der Waals surface area (Å²) in [6.07, 6.45) is 2.37. The number of carbonyl (C=O) groups is 1. The number of aryl methyl sites for hydroxylation is 1. The van der Waals surface area contributed by atoms with Gasteiger partial charge in [-0.3, -0.25) is 9.79 Å². The molecule has 0 radical (unpaired) electrons. The summed E-state index contributed by atoms with van der Waals surface area (Å²) in [6, 6.07) is 3.20. The summed E-state index contributed by atoms with van der Waals surface area (Å²) in [7, 11) is 1.41. The van der Waals surface area contributed by atoms with Gasteiger partial charge in [0.25, 0.3) is 0 Å². The molecule has 1 aliphatic rings. The maximum atomic E-state index is 14.7. The van der Waals surface area contributed by atoms with Gasteiger partial charge in [-0.05, 0) is 31.4 Å². The molecule has 1 atom stereocenters. The lowest BCUT2D eigenvalue weighted by atomic mass is 10.0. The van der Waals surface area contributed by atoms with Crippen LogP contribution in [0.2, 0.25) is 0 Å². The number of alkyl halides is 1. The van der Waals surface area contributed by atoms with Gasteiger partial charge in [0, 0.05) is 37.8 Å². The summed E-state index contributed by atoms with van der Waals surface area (Å²) in [4.78, 5) is 24.7. The number of rotatable bonds is 5. The zero-order valence-electron chi connectivity index (χ0n) is 21.2. The minimum Gasteiger partial charge on any atom is -0.451 e. The first-order chi connectivity index (χ1) is 18.5. The number of nitrogen functional groups attached to an aromatic ring is 1. The number of likely N-dealkylation sites (tertiary alicyclic amines) is 1. The third-order valence-corrected chi connectivity index (χ3v) is 6.13. The Labute approximate surface area is 226 Å². The van der Waals surface area contributed by atoms with Crippen LogP contribution in [0.25, 0.3) is 0 Å². The van der Waals surface area contributed by atoms with Gasteiger partial charge in [-0.1, -0.05) is 6.92 Å². The quantitative estimate of drug-likeness (QED) is 0.192. The number of anilines is 1. The molecule has 1 aromatic heterocycles. The number of halogens is 6. The molecule has 3 aromatic rings. The van der Waals surface area contributed by atoms with E-state index in [1.807, 2.05) is 4.90 Å². The summed E-state index contributed by atoms with van der Waals surface area (Å²) in [5.74, 6) is -8.43. The van der Waals surface area contributed by atoms with Gasteiger partial charge >= 0.3 is 0 Å². The molecular weight excluding hydrogens is 545 g/mol. The fourth-order valence-corrected chi connectivity index (χ4v) is 4.08. The van der Waals surface area contributed by atoms with Crippen LogP contribution < -0.4 is 10.5 Å². The van der Waals surface area contributed by atoms with Crippen LogP contribution >= 0.6 is 11.6 Å². The van der Waals surface area contributed by atoms with Crippen LogP contribution in [-0.2, 0) is 4.79 Å². The van der Waals surface area contributed by atoms with E-state index in [4.69, 9.17) is 22.1 Å². The van der Waals surface area contributed by atoms with E-state index < -0.39 is 40.6 Å². The average Bonchev–Trinajstić information content (AvgIpc) is 3.34. The Morgan fingerprint density at radius 3 is 2.31 bits per heavy atom. The predicted molar refractivity (Wildman–Crippen MR) is 137 cm³/mol. The van der Waals surface area contributed by atoms with Crippen LogP contribution in [0.5, 0.6) is 11.5 Å². The Hall–Kier alpha value is -3.80. The van der Waals surface area contributed by atoms with Crippen molar-refractivity contribution in [2.24, 2.45) is 10.9 Å². The third kappa shape index (κ3) is 6.80. The van der Waals surface area contributed by atoms with Crippen LogP contribution in [0.4, 0.5) is 27.8 Å². The van der Waals surface area contributed by atoms with Gasteiger partial charge in [0.2, 0.25) is 23.3 Å². The maximum absolute atomic E-state index is 14.7. The Kier molecular flexibility index (Phi) is 9.79. The molecule has 0 saturated carbocycles. The highest BCUT2D eigenvalue weighted by Crippen LogP contribution is 2.32. The number of ether oxygens (including phenoxy) is 1. The van der Waals surface area contributed by atoms with Crippen LogP contribution in [-0.4, -0.2) is 52.5 Å². The molecule has 1 amide bonds. The number of amides is 1. The van der Waals surface area contributed by atoms with E-state index in [2.05, 4.69) is 21.9 Å². The van der Waals surface area contributed by atoms with E-state index in [1.54, 1.807) is 6.92 Å². The first kappa shape index (κ1) is 29.8. The van der Waals surface area contributed by atoms with Crippen molar-refractivity contribution in [2.45, 2.75) is 20.3 Å². The molecule has 0 bridgehead atoms. The lowest BCUT2D eigenvalue weighted by Gasteiger charge is -2.13. The summed E-state index contributed by atoms with van der Waals surface area (Å²) in [5.41, 5.74) is 6.73. The molecule has 4 rings (SSSR count). The van der Waals surface area contributed by atoms with Crippen molar-refractivity contribution in [3.8, 4) is 11.5 Å². The number of nitrogens with two attached hydrogens (primary N) is 1. The van der Waals surface area contributed by atoms with E-state index in [1.165, 1.54) is 19.4 Å². The SMILES string of the molecule is CC1CCN(C(=O)CCl)C1.CN=C(c1ccc(Oc2c(F)c(F)cc(F)c2F)cc1F)c1c(C)ncnc1N. The second kappa shape index (κ2) is 12.8. The molecule has 1 aliphatic heterocycles. The average molecular weight is 570 g/mol. The van der Waals surface area contributed by atoms with Crippen LogP contribution in [0.1, 0.15) is 30.2 Å². The number of hydrogen-bond donors (Lipinski definition) is 1. The van der Waals surface area contributed by atoms with Gasteiger partial charge in [-0.15, -0.1) is 11.6 Å². The van der Waals surface area contributed by atoms with Gasteiger partial charge in [-0.25, -0.2) is 23.1 Å². The highest BCUT2D eigenvalue weighted by atomic mass is 35.5. The van der Waals surface area contributed by atoms with E-state index in [-0.39, 0.29) is 34.9 Å². The number of aromatic nitrogens is 2. The third-order valence-electron chi connectivity index (χ3n) is 5.90. The minimum atomic E-state index is -1.74. The molecule has 208 valence electrons. The maximum Gasteiger partial charge on any atom is 0.237 e. The normalized spacial score (nSPS) is 15.2. The van der Waals surface area contributed by atoms with Crippen molar-refractivity contribution in [3.63, 3.8) is 0 Å². The monoisotopic (exact) mass is 569 g/mol. The molecule has 13 heteroatoms. The second-order valence-electron chi connectivity index (χ2n) is 8.70. The van der Waals surface area contributed by atoms with Gasteiger partial charge in [0.05, 0.1) is 17.0 Å². The number of aliphatic imine (C=N–C) groups is 1. The molecule has 2 N–H and O–H groups in total. The van der Waals surface area contributed by atoms with Crippen LogP contribution in [0.15, 0.2) is 35.6 Å². The van der Waals surface area contributed by atoms with Crippen molar-refractivity contribution in [1.82, 2.24) is 14.9 Å². The first-order valence-corrected chi connectivity index (χ1v) is 12.2.